The van der Waals surface area contributed by atoms with E-state index in [2.05, 4.69) is 20.7 Å². The molecule has 2 aromatic rings. The van der Waals surface area contributed by atoms with Crippen LogP contribution in [0.25, 0.3) is 0 Å². The van der Waals surface area contributed by atoms with Crippen molar-refractivity contribution in [3.8, 4) is 11.5 Å². The third kappa shape index (κ3) is 4.28. The molecule has 26 heavy (non-hydrogen) atoms. The minimum atomic E-state index is -4.04. The molecule has 0 spiro atoms. The van der Waals surface area contributed by atoms with E-state index in [4.69, 9.17) is 9.47 Å². The lowest BCUT2D eigenvalue weighted by Crippen LogP contribution is -2.36. The van der Waals surface area contributed by atoms with E-state index in [9.17, 15) is 13.2 Å². The first kappa shape index (κ1) is 20.1. The molecule has 0 fully saturated rings. The predicted octanol–water partition coefficient (Wildman–Crippen LogP) is 2.83. The predicted molar refractivity (Wildman–Crippen MR) is 100 cm³/mol. The van der Waals surface area contributed by atoms with Crippen LogP contribution in [-0.2, 0) is 19.6 Å². The van der Waals surface area contributed by atoms with Crippen molar-refractivity contribution in [2.75, 3.05) is 32.2 Å². The number of hydrogen-bond acceptors (Lipinski definition) is 6. The van der Waals surface area contributed by atoms with Gasteiger partial charge in [0.05, 0.1) is 36.4 Å². The lowest BCUT2D eigenvalue weighted by molar-refractivity contribution is -0.138. The molecule has 0 aliphatic rings. The molecule has 0 N–H and O–H groups in total. The lowest BCUT2D eigenvalue weighted by atomic mass is 10.3. The van der Waals surface area contributed by atoms with Gasteiger partial charge in [0, 0.05) is 6.07 Å². The van der Waals surface area contributed by atoms with Crippen molar-refractivity contribution in [1.82, 2.24) is 0 Å². The van der Waals surface area contributed by atoms with Crippen LogP contribution in [0.15, 0.2) is 51.8 Å². The highest BCUT2D eigenvalue weighted by molar-refractivity contribution is 9.10. The van der Waals surface area contributed by atoms with E-state index in [1.807, 2.05) is 0 Å². The average Bonchev–Trinajstić information content (AvgIpc) is 2.65. The number of sulfonamides is 1. The van der Waals surface area contributed by atoms with Gasteiger partial charge < -0.3 is 14.2 Å². The lowest BCUT2D eigenvalue weighted by Gasteiger charge is -2.24. The van der Waals surface area contributed by atoms with Gasteiger partial charge in [0.15, 0.2) is 0 Å². The Morgan fingerprint density at radius 2 is 1.81 bits per heavy atom. The van der Waals surface area contributed by atoms with Gasteiger partial charge >= 0.3 is 5.97 Å². The Morgan fingerprint density at radius 3 is 2.38 bits per heavy atom. The fourth-order valence-corrected chi connectivity index (χ4v) is 4.32. The first-order valence-electron chi connectivity index (χ1n) is 7.40. The number of benzene rings is 2. The van der Waals surface area contributed by atoms with E-state index in [0.29, 0.717) is 16.0 Å². The number of carbonyl (C=O) groups excluding carboxylic acids is 1. The summed E-state index contributed by atoms with van der Waals surface area (Å²) >= 11 is 3.27. The van der Waals surface area contributed by atoms with Gasteiger partial charge in [-0.15, -0.1) is 0 Å². The normalized spacial score (nSPS) is 10.9. The zero-order chi connectivity index (χ0) is 19.3. The topological polar surface area (TPSA) is 82.1 Å². The van der Waals surface area contributed by atoms with Crippen LogP contribution in [0.1, 0.15) is 0 Å². The van der Waals surface area contributed by atoms with Gasteiger partial charge in [-0.2, -0.15) is 0 Å². The maximum atomic E-state index is 13.2. The highest BCUT2D eigenvalue weighted by atomic mass is 79.9. The molecule has 0 aliphatic heterocycles. The van der Waals surface area contributed by atoms with E-state index < -0.39 is 22.5 Å². The maximum absolute atomic E-state index is 13.2. The molecule has 0 saturated heterocycles. The van der Waals surface area contributed by atoms with Gasteiger partial charge in [0.1, 0.15) is 18.0 Å². The quantitative estimate of drug-likeness (QED) is 0.611. The zero-order valence-corrected chi connectivity index (χ0v) is 16.8. The van der Waals surface area contributed by atoms with Gasteiger partial charge in [-0.3, -0.25) is 9.10 Å². The molecule has 0 aliphatic carbocycles. The summed E-state index contributed by atoms with van der Waals surface area (Å²) in [7, 11) is 0.108. The average molecular weight is 444 g/mol. The molecular formula is C17H18BrNO6S. The molecule has 0 bridgehead atoms. The molecule has 140 valence electrons. The summed E-state index contributed by atoms with van der Waals surface area (Å²) in [5.74, 6) is 0.261. The van der Waals surface area contributed by atoms with Gasteiger partial charge in [0.25, 0.3) is 10.0 Å². The van der Waals surface area contributed by atoms with Crippen LogP contribution in [0, 0.1) is 0 Å². The first-order chi connectivity index (χ1) is 12.3. The van der Waals surface area contributed by atoms with Crippen molar-refractivity contribution in [2.45, 2.75) is 4.90 Å². The number of ether oxygens (including phenoxy) is 3. The molecular weight excluding hydrogens is 426 g/mol. The molecule has 0 radical (unpaired) electrons. The summed E-state index contributed by atoms with van der Waals surface area (Å²) in [5, 5.41) is 0. The van der Waals surface area contributed by atoms with E-state index in [0.717, 1.165) is 4.31 Å². The second kappa shape index (κ2) is 8.41. The molecule has 2 rings (SSSR count). The SMILES string of the molecule is COC(=O)CN(c1cccc(OC)c1)S(=O)(=O)c1ccc(OC)c(Br)c1. The summed E-state index contributed by atoms with van der Waals surface area (Å²) in [4.78, 5) is 11.8. The van der Waals surface area contributed by atoms with Gasteiger partial charge in [0.2, 0.25) is 0 Å². The van der Waals surface area contributed by atoms with Crippen LogP contribution in [0.3, 0.4) is 0 Å². The van der Waals surface area contributed by atoms with E-state index in [-0.39, 0.29) is 10.6 Å². The largest absolute Gasteiger partial charge is 0.497 e. The summed E-state index contributed by atoms with van der Waals surface area (Å²) in [6.07, 6.45) is 0. The van der Waals surface area contributed by atoms with Crippen molar-refractivity contribution < 1.29 is 27.4 Å². The highest BCUT2D eigenvalue weighted by Crippen LogP contribution is 2.31. The van der Waals surface area contributed by atoms with Crippen molar-refractivity contribution in [1.29, 1.82) is 0 Å². The number of halogens is 1. The highest BCUT2D eigenvalue weighted by Gasteiger charge is 2.28. The molecule has 2 aromatic carbocycles. The Bertz CT molecular complexity index is 900. The molecule has 0 atom stereocenters. The van der Waals surface area contributed by atoms with Crippen molar-refractivity contribution in [3.63, 3.8) is 0 Å². The number of methoxy groups -OCH3 is 3. The first-order valence-corrected chi connectivity index (χ1v) is 9.64. The molecule has 0 aromatic heterocycles. The van der Waals surface area contributed by atoms with Crippen molar-refractivity contribution >= 4 is 37.6 Å². The Morgan fingerprint density at radius 1 is 1.08 bits per heavy atom. The van der Waals surface area contributed by atoms with Crippen molar-refractivity contribution in [3.05, 3.63) is 46.9 Å². The van der Waals surface area contributed by atoms with Crippen LogP contribution >= 0.6 is 15.9 Å². The van der Waals surface area contributed by atoms with Crippen LogP contribution < -0.4 is 13.8 Å². The Kier molecular flexibility index (Phi) is 6.49. The third-order valence-electron chi connectivity index (χ3n) is 3.55. The van der Waals surface area contributed by atoms with Gasteiger partial charge in [-0.05, 0) is 46.3 Å². The van der Waals surface area contributed by atoms with E-state index >= 15 is 0 Å². The Hall–Kier alpha value is -2.26. The summed E-state index contributed by atoms with van der Waals surface area (Å²) < 4.78 is 42.7. The van der Waals surface area contributed by atoms with Crippen LogP contribution in [0.2, 0.25) is 0 Å². The van der Waals surface area contributed by atoms with E-state index in [1.165, 1.54) is 45.6 Å². The molecule has 0 saturated carbocycles. The minimum Gasteiger partial charge on any atom is -0.497 e. The number of anilines is 1. The molecule has 0 amide bonds. The molecule has 0 unspecified atom stereocenters. The number of rotatable bonds is 7. The fourth-order valence-electron chi connectivity index (χ4n) is 2.20. The number of hydrogen-bond donors (Lipinski definition) is 0. The monoisotopic (exact) mass is 443 g/mol. The van der Waals surface area contributed by atoms with Crippen molar-refractivity contribution in [2.24, 2.45) is 0 Å². The van der Waals surface area contributed by atoms with E-state index in [1.54, 1.807) is 18.2 Å². The van der Waals surface area contributed by atoms with Crippen LogP contribution in [0.5, 0.6) is 11.5 Å². The summed E-state index contributed by atoms with van der Waals surface area (Å²) in [6.45, 7) is -0.477. The second-order valence-electron chi connectivity index (χ2n) is 5.09. The van der Waals surface area contributed by atoms with Gasteiger partial charge in [-0.1, -0.05) is 6.07 Å². The summed E-state index contributed by atoms with van der Waals surface area (Å²) in [6, 6.07) is 10.8. The van der Waals surface area contributed by atoms with Crippen LogP contribution in [-0.4, -0.2) is 42.3 Å². The fraction of sp³-hybridized carbons (Fsp3) is 0.235. The molecule has 7 nitrogen and oxygen atoms in total. The Labute approximate surface area is 160 Å². The standard InChI is InChI=1S/C17H18BrNO6S/c1-23-13-6-4-5-12(9-13)19(11-17(20)25-3)26(21,22)14-7-8-16(24-2)15(18)10-14/h4-10H,11H2,1-3H3. The zero-order valence-electron chi connectivity index (χ0n) is 14.4. The number of carbonyl (C=O) groups is 1. The third-order valence-corrected chi connectivity index (χ3v) is 5.94. The molecule has 0 heterocycles. The Balaban J connectivity index is 2.55. The van der Waals surface area contributed by atoms with Crippen LogP contribution in [0.4, 0.5) is 5.69 Å². The summed E-state index contributed by atoms with van der Waals surface area (Å²) in [5.41, 5.74) is 0.279. The molecule has 9 heteroatoms. The maximum Gasteiger partial charge on any atom is 0.326 e. The van der Waals surface area contributed by atoms with Gasteiger partial charge in [-0.25, -0.2) is 8.42 Å². The number of nitrogens with zero attached hydrogens (tertiary/aromatic N) is 1. The smallest absolute Gasteiger partial charge is 0.326 e. The number of esters is 1. The second-order valence-corrected chi connectivity index (χ2v) is 7.80. The minimum absolute atomic E-state index is 0.00287.